The van der Waals surface area contributed by atoms with Gasteiger partial charge in [0.1, 0.15) is 0 Å². The van der Waals surface area contributed by atoms with Crippen LogP contribution in [0.1, 0.15) is 6.42 Å². The third-order valence-electron chi connectivity index (χ3n) is 3.56. The molecule has 2 aliphatic rings. The first kappa shape index (κ1) is 14.1. The SMILES string of the molecule is C=C1CC=CC=CC1CN1CC=CC(C(F)(F)F)C1. The lowest BCUT2D eigenvalue weighted by Crippen LogP contribution is -2.41. The molecule has 1 nitrogen and oxygen atoms in total. The zero-order valence-electron chi connectivity index (χ0n) is 10.7. The maximum atomic E-state index is 12.7. The first-order chi connectivity index (χ1) is 8.97. The lowest BCUT2D eigenvalue weighted by molar-refractivity contribution is -0.166. The summed E-state index contributed by atoms with van der Waals surface area (Å²) in [7, 11) is 0. The summed E-state index contributed by atoms with van der Waals surface area (Å²) in [5, 5.41) is 0. The van der Waals surface area contributed by atoms with Crippen LogP contribution in [-0.4, -0.2) is 30.7 Å². The van der Waals surface area contributed by atoms with Gasteiger partial charge in [0, 0.05) is 25.6 Å². The fourth-order valence-electron chi connectivity index (χ4n) is 2.40. The fourth-order valence-corrected chi connectivity index (χ4v) is 2.40. The van der Waals surface area contributed by atoms with Crippen molar-refractivity contribution in [3.05, 3.63) is 48.6 Å². The Labute approximate surface area is 111 Å². The van der Waals surface area contributed by atoms with E-state index in [2.05, 4.69) is 6.58 Å². The second-order valence-electron chi connectivity index (χ2n) is 5.08. The highest BCUT2D eigenvalue weighted by Crippen LogP contribution is 2.30. The Kier molecular flexibility index (Phi) is 4.30. The largest absolute Gasteiger partial charge is 0.396 e. The van der Waals surface area contributed by atoms with E-state index in [1.54, 1.807) is 6.08 Å². The molecule has 0 aromatic heterocycles. The Morgan fingerprint density at radius 1 is 1.21 bits per heavy atom. The number of alkyl halides is 3. The molecule has 0 saturated carbocycles. The zero-order chi connectivity index (χ0) is 13.9. The van der Waals surface area contributed by atoms with Crippen molar-refractivity contribution in [2.24, 2.45) is 11.8 Å². The monoisotopic (exact) mass is 269 g/mol. The molecule has 0 fully saturated rings. The molecule has 0 bridgehead atoms. The molecule has 1 heterocycles. The van der Waals surface area contributed by atoms with Gasteiger partial charge in [-0.05, 0) is 6.42 Å². The second kappa shape index (κ2) is 5.78. The predicted molar refractivity (Wildman–Crippen MR) is 70.7 cm³/mol. The molecule has 1 aliphatic carbocycles. The van der Waals surface area contributed by atoms with Gasteiger partial charge in [-0.25, -0.2) is 0 Å². The lowest BCUT2D eigenvalue weighted by atomic mass is 9.96. The smallest absolute Gasteiger partial charge is 0.298 e. The molecule has 0 amide bonds. The number of hydrogen-bond acceptors (Lipinski definition) is 1. The highest BCUT2D eigenvalue weighted by Gasteiger charge is 2.39. The summed E-state index contributed by atoms with van der Waals surface area (Å²) >= 11 is 0. The van der Waals surface area contributed by atoms with Crippen LogP contribution in [0.4, 0.5) is 13.2 Å². The molecule has 2 atom stereocenters. The van der Waals surface area contributed by atoms with Crippen LogP contribution in [0.2, 0.25) is 0 Å². The van der Waals surface area contributed by atoms with E-state index in [1.807, 2.05) is 29.2 Å². The Morgan fingerprint density at radius 3 is 2.74 bits per heavy atom. The van der Waals surface area contributed by atoms with Gasteiger partial charge in [-0.3, -0.25) is 4.90 Å². The molecular weight excluding hydrogens is 251 g/mol. The van der Waals surface area contributed by atoms with Crippen LogP contribution < -0.4 is 0 Å². The quantitative estimate of drug-likeness (QED) is 0.690. The van der Waals surface area contributed by atoms with Crippen LogP contribution in [0.15, 0.2) is 48.6 Å². The van der Waals surface area contributed by atoms with Gasteiger partial charge in [-0.1, -0.05) is 48.6 Å². The lowest BCUT2D eigenvalue weighted by Gasteiger charge is -2.32. The standard InChI is InChI=1S/C15H18F3N/c1-12-6-3-2-4-7-13(12)10-19-9-5-8-14(11-19)15(16,17)18/h2-5,7-8,13-14H,1,6,9-11H2. The number of rotatable bonds is 2. The van der Waals surface area contributed by atoms with Gasteiger partial charge in [-0.2, -0.15) is 13.2 Å². The van der Waals surface area contributed by atoms with Gasteiger partial charge >= 0.3 is 6.18 Å². The average Bonchev–Trinajstić information content (AvgIpc) is 2.54. The topological polar surface area (TPSA) is 3.24 Å². The highest BCUT2D eigenvalue weighted by molar-refractivity contribution is 5.21. The van der Waals surface area contributed by atoms with E-state index in [0.717, 1.165) is 12.0 Å². The van der Waals surface area contributed by atoms with Crippen LogP contribution in [-0.2, 0) is 0 Å². The van der Waals surface area contributed by atoms with Gasteiger partial charge in [0.2, 0.25) is 0 Å². The highest BCUT2D eigenvalue weighted by atomic mass is 19.4. The van der Waals surface area contributed by atoms with Crippen LogP contribution >= 0.6 is 0 Å². The molecule has 0 radical (unpaired) electrons. The Morgan fingerprint density at radius 2 is 2.00 bits per heavy atom. The predicted octanol–water partition coefficient (Wildman–Crippen LogP) is 3.73. The van der Waals surface area contributed by atoms with Gasteiger partial charge < -0.3 is 0 Å². The maximum Gasteiger partial charge on any atom is 0.396 e. The normalized spacial score (nSPS) is 28.7. The molecule has 19 heavy (non-hydrogen) atoms. The van der Waals surface area contributed by atoms with Crippen molar-refractivity contribution in [2.45, 2.75) is 12.6 Å². The van der Waals surface area contributed by atoms with Crippen molar-refractivity contribution in [3.8, 4) is 0 Å². The molecule has 0 aromatic carbocycles. The van der Waals surface area contributed by atoms with E-state index >= 15 is 0 Å². The summed E-state index contributed by atoms with van der Waals surface area (Å²) in [5.74, 6) is -1.21. The van der Waals surface area contributed by atoms with Gasteiger partial charge in [0.15, 0.2) is 0 Å². The minimum Gasteiger partial charge on any atom is -0.298 e. The van der Waals surface area contributed by atoms with Crippen molar-refractivity contribution in [1.82, 2.24) is 4.90 Å². The minimum atomic E-state index is -4.15. The number of allylic oxidation sites excluding steroid dienone is 3. The van der Waals surface area contributed by atoms with E-state index < -0.39 is 12.1 Å². The second-order valence-corrected chi connectivity index (χ2v) is 5.08. The van der Waals surface area contributed by atoms with Crippen molar-refractivity contribution in [2.75, 3.05) is 19.6 Å². The van der Waals surface area contributed by atoms with Gasteiger partial charge in [0.05, 0.1) is 5.92 Å². The van der Waals surface area contributed by atoms with E-state index in [1.165, 1.54) is 6.08 Å². The molecular formula is C15H18F3N. The molecule has 2 unspecified atom stereocenters. The van der Waals surface area contributed by atoms with Crippen LogP contribution in [0.5, 0.6) is 0 Å². The zero-order valence-corrected chi connectivity index (χ0v) is 10.7. The Balaban J connectivity index is 1.97. The third kappa shape index (κ3) is 3.83. The summed E-state index contributed by atoms with van der Waals surface area (Å²) in [5.41, 5.74) is 1.06. The van der Waals surface area contributed by atoms with Crippen LogP contribution in [0.3, 0.4) is 0 Å². The molecule has 104 valence electrons. The molecule has 0 aromatic rings. The summed E-state index contributed by atoms with van der Waals surface area (Å²) in [6.07, 6.45) is 7.49. The summed E-state index contributed by atoms with van der Waals surface area (Å²) in [6, 6.07) is 0. The Bertz CT molecular complexity index is 418. The molecule has 0 N–H and O–H groups in total. The van der Waals surface area contributed by atoms with E-state index in [0.29, 0.717) is 13.1 Å². The molecule has 0 spiro atoms. The maximum absolute atomic E-state index is 12.7. The van der Waals surface area contributed by atoms with Crippen molar-refractivity contribution < 1.29 is 13.2 Å². The van der Waals surface area contributed by atoms with E-state index in [9.17, 15) is 13.2 Å². The van der Waals surface area contributed by atoms with Gasteiger partial charge in [-0.15, -0.1) is 0 Å². The summed E-state index contributed by atoms with van der Waals surface area (Å²) < 4.78 is 38.1. The molecule has 4 heteroatoms. The summed E-state index contributed by atoms with van der Waals surface area (Å²) in [4.78, 5) is 1.85. The van der Waals surface area contributed by atoms with Crippen LogP contribution in [0.25, 0.3) is 0 Å². The first-order valence-corrected chi connectivity index (χ1v) is 6.43. The Hall–Kier alpha value is -1.29. The van der Waals surface area contributed by atoms with Gasteiger partial charge in [0.25, 0.3) is 0 Å². The third-order valence-corrected chi connectivity index (χ3v) is 3.56. The molecule has 1 aliphatic heterocycles. The average molecular weight is 269 g/mol. The number of hydrogen-bond donors (Lipinski definition) is 0. The van der Waals surface area contributed by atoms with E-state index in [-0.39, 0.29) is 12.5 Å². The first-order valence-electron chi connectivity index (χ1n) is 6.43. The molecule has 2 rings (SSSR count). The van der Waals surface area contributed by atoms with E-state index in [4.69, 9.17) is 0 Å². The number of halogens is 3. The minimum absolute atomic E-state index is 0.0467. The fraction of sp³-hybridized carbons (Fsp3) is 0.467. The van der Waals surface area contributed by atoms with Crippen molar-refractivity contribution in [1.29, 1.82) is 0 Å². The van der Waals surface area contributed by atoms with Crippen LogP contribution in [0, 0.1) is 11.8 Å². The number of nitrogens with zero attached hydrogens (tertiary/aromatic N) is 1. The van der Waals surface area contributed by atoms with Crippen molar-refractivity contribution >= 4 is 0 Å². The van der Waals surface area contributed by atoms with Crippen molar-refractivity contribution in [3.63, 3.8) is 0 Å². The summed E-state index contributed by atoms with van der Waals surface area (Å²) in [6.45, 7) is 5.25. The molecule has 0 saturated heterocycles.